The van der Waals surface area contributed by atoms with Crippen molar-refractivity contribution < 1.29 is 18.4 Å². The highest BCUT2D eigenvalue weighted by Crippen LogP contribution is 2.19. The van der Waals surface area contributed by atoms with Crippen molar-refractivity contribution in [1.82, 2.24) is 5.32 Å². The number of hydrogen-bond donors (Lipinski definition) is 1. The maximum Gasteiger partial charge on any atom is 0.258 e. The van der Waals surface area contributed by atoms with Crippen LogP contribution in [0.1, 0.15) is 27.1 Å². The van der Waals surface area contributed by atoms with Crippen molar-refractivity contribution in [1.29, 1.82) is 0 Å². The minimum Gasteiger partial charge on any atom is -0.352 e. The third-order valence-electron chi connectivity index (χ3n) is 4.41. The molecule has 0 spiro atoms. The van der Waals surface area contributed by atoms with Gasteiger partial charge in [0.05, 0.1) is 0 Å². The zero-order chi connectivity index (χ0) is 21.5. The molecule has 7 heteroatoms. The molecule has 0 aliphatic heterocycles. The smallest absolute Gasteiger partial charge is 0.258 e. The first-order chi connectivity index (χ1) is 14.4. The summed E-state index contributed by atoms with van der Waals surface area (Å²) in [5.74, 6) is -1.39. The molecule has 0 radical (unpaired) electrons. The second-order valence-corrected chi connectivity index (χ2v) is 7.48. The van der Waals surface area contributed by atoms with Crippen LogP contribution in [-0.2, 0) is 0 Å². The van der Waals surface area contributed by atoms with Gasteiger partial charge in [0.1, 0.15) is 11.6 Å². The summed E-state index contributed by atoms with van der Waals surface area (Å²) in [5, 5.41) is 2.82. The molecule has 0 atom stereocenters. The molecule has 0 aromatic heterocycles. The fraction of sp³-hybridized carbons (Fsp3) is 0.130. The molecule has 30 heavy (non-hydrogen) atoms. The number of halogens is 3. The van der Waals surface area contributed by atoms with Crippen LogP contribution in [-0.4, -0.2) is 24.9 Å². The molecule has 154 valence electrons. The number of amides is 2. The van der Waals surface area contributed by atoms with Crippen LogP contribution in [0.3, 0.4) is 0 Å². The van der Waals surface area contributed by atoms with E-state index < -0.39 is 11.6 Å². The van der Waals surface area contributed by atoms with E-state index in [0.29, 0.717) is 36.3 Å². The summed E-state index contributed by atoms with van der Waals surface area (Å²) >= 11 is 3.33. The first-order valence-electron chi connectivity index (χ1n) is 9.31. The van der Waals surface area contributed by atoms with E-state index in [1.54, 1.807) is 18.2 Å². The number of anilines is 1. The predicted molar refractivity (Wildman–Crippen MR) is 116 cm³/mol. The summed E-state index contributed by atoms with van der Waals surface area (Å²) in [5.41, 5.74) is 1.37. The minimum atomic E-state index is -0.435. The van der Waals surface area contributed by atoms with Gasteiger partial charge >= 0.3 is 0 Å². The van der Waals surface area contributed by atoms with Gasteiger partial charge < -0.3 is 10.2 Å². The van der Waals surface area contributed by atoms with E-state index in [1.165, 1.54) is 53.4 Å². The van der Waals surface area contributed by atoms with E-state index in [2.05, 4.69) is 21.2 Å². The Morgan fingerprint density at radius 1 is 0.867 bits per heavy atom. The summed E-state index contributed by atoms with van der Waals surface area (Å²) in [6, 6.07) is 17.9. The molecule has 4 nitrogen and oxygen atoms in total. The first-order valence-corrected chi connectivity index (χ1v) is 10.1. The molecule has 0 saturated carbocycles. The molecule has 2 amide bonds. The van der Waals surface area contributed by atoms with Crippen LogP contribution in [0.2, 0.25) is 0 Å². The average molecular weight is 473 g/mol. The van der Waals surface area contributed by atoms with Crippen molar-refractivity contribution in [2.45, 2.75) is 6.42 Å². The van der Waals surface area contributed by atoms with Crippen molar-refractivity contribution in [2.24, 2.45) is 0 Å². The average Bonchev–Trinajstić information content (AvgIpc) is 2.74. The lowest BCUT2D eigenvalue weighted by atomic mass is 10.1. The third kappa shape index (κ3) is 5.73. The monoisotopic (exact) mass is 472 g/mol. The first kappa shape index (κ1) is 21.6. The lowest BCUT2D eigenvalue weighted by Crippen LogP contribution is -2.34. The number of nitrogens with zero attached hydrogens (tertiary/aromatic N) is 1. The Kier molecular flexibility index (Phi) is 7.30. The highest BCUT2D eigenvalue weighted by atomic mass is 79.9. The van der Waals surface area contributed by atoms with Crippen molar-refractivity contribution in [3.05, 3.63) is 100 Å². The molecule has 0 heterocycles. The molecule has 3 aromatic rings. The lowest BCUT2D eigenvalue weighted by Gasteiger charge is -2.23. The third-order valence-corrected chi connectivity index (χ3v) is 4.90. The Labute approximate surface area is 181 Å². The molecule has 0 unspecified atom stereocenters. The predicted octanol–water partition coefficient (Wildman–Crippen LogP) is 5.19. The fourth-order valence-electron chi connectivity index (χ4n) is 2.89. The minimum absolute atomic E-state index is 0.213. The van der Waals surface area contributed by atoms with Gasteiger partial charge in [-0.3, -0.25) is 9.59 Å². The molecule has 1 N–H and O–H groups in total. The van der Waals surface area contributed by atoms with E-state index in [4.69, 9.17) is 0 Å². The van der Waals surface area contributed by atoms with Crippen molar-refractivity contribution in [3.63, 3.8) is 0 Å². The van der Waals surface area contributed by atoms with Gasteiger partial charge in [0, 0.05) is 34.4 Å². The van der Waals surface area contributed by atoms with Gasteiger partial charge in [-0.05, 0) is 73.2 Å². The van der Waals surface area contributed by atoms with Crippen LogP contribution < -0.4 is 10.2 Å². The molecular weight excluding hydrogens is 454 g/mol. The number of carbonyl (C=O) groups is 2. The van der Waals surface area contributed by atoms with Gasteiger partial charge in [-0.25, -0.2) is 8.78 Å². The molecule has 0 aliphatic carbocycles. The zero-order valence-electron chi connectivity index (χ0n) is 15.9. The Bertz CT molecular complexity index is 1020. The van der Waals surface area contributed by atoms with Crippen molar-refractivity contribution in [2.75, 3.05) is 18.0 Å². The number of benzene rings is 3. The van der Waals surface area contributed by atoms with Gasteiger partial charge in [-0.1, -0.05) is 22.0 Å². The van der Waals surface area contributed by atoms with E-state index >= 15 is 0 Å². The van der Waals surface area contributed by atoms with Crippen LogP contribution in [0.25, 0.3) is 0 Å². The summed E-state index contributed by atoms with van der Waals surface area (Å²) in [7, 11) is 0. The Hall–Kier alpha value is -3.06. The van der Waals surface area contributed by atoms with Gasteiger partial charge in [-0.15, -0.1) is 0 Å². The number of rotatable bonds is 7. The van der Waals surface area contributed by atoms with Crippen LogP contribution >= 0.6 is 15.9 Å². The Morgan fingerprint density at radius 2 is 1.50 bits per heavy atom. The standard InChI is InChI=1S/C23H19BrF2N2O2/c24-18-4-1-3-17(15-18)22(29)27-13-2-14-28(21-11-9-20(26)10-12-21)23(30)16-5-7-19(25)8-6-16/h1,3-12,15H,2,13-14H2,(H,27,29). The fourth-order valence-corrected chi connectivity index (χ4v) is 3.29. The van der Waals surface area contributed by atoms with E-state index in [1.807, 2.05) is 6.07 Å². The largest absolute Gasteiger partial charge is 0.352 e. The molecular formula is C23H19BrF2N2O2. The summed E-state index contributed by atoms with van der Waals surface area (Å²) in [6.45, 7) is 0.639. The highest BCUT2D eigenvalue weighted by Gasteiger charge is 2.18. The highest BCUT2D eigenvalue weighted by molar-refractivity contribution is 9.10. The maximum atomic E-state index is 13.3. The van der Waals surface area contributed by atoms with Gasteiger partial charge in [0.25, 0.3) is 11.8 Å². The Morgan fingerprint density at radius 3 is 2.13 bits per heavy atom. The van der Waals surface area contributed by atoms with Gasteiger partial charge in [0.2, 0.25) is 0 Å². The molecule has 0 fully saturated rings. The molecule has 3 aromatic carbocycles. The molecule has 3 rings (SSSR count). The second-order valence-electron chi connectivity index (χ2n) is 6.56. The zero-order valence-corrected chi connectivity index (χ0v) is 17.5. The number of carbonyl (C=O) groups excluding carboxylic acids is 2. The molecule has 0 aliphatic rings. The molecule has 0 bridgehead atoms. The van der Waals surface area contributed by atoms with E-state index in [-0.39, 0.29) is 11.8 Å². The topological polar surface area (TPSA) is 49.4 Å². The van der Waals surface area contributed by atoms with E-state index in [0.717, 1.165) is 4.47 Å². The summed E-state index contributed by atoms with van der Waals surface area (Å²) < 4.78 is 27.3. The van der Waals surface area contributed by atoms with Crippen LogP contribution in [0.15, 0.2) is 77.3 Å². The summed E-state index contributed by atoms with van der Waals surface area (Å²) in [6.07, 6.45) is 0.476. The number of nitrogens with one attached hydrogen (secondary N) is 1. The second kappa shape index (κ2) is 10.1. The number of hydrogen-bond acceptors (Lipinski definition) is 2. The van der Waals surface area contributed by atoms with Crippen LogP contribution in [0.5, 0.6) is 0 Å². The summed E-state index contributed by atoms with van der Waals surface area (Å²) in [4.78, 5) is 26.7. The molecule has 0 saturated heterocycles. The van der Waals surface area contributed by atoms with Crippen LogP contribution in [0, 0.1) is 11.6 Å². The van der Waals surface area contributed by atoms with E-state index in [9.17, 15) is 18.4 Å². The van der Waals surface area contributed by atoms with Gasteiger partial charge in [-0.2, -0.15) is 0 Å². The maximum absolute atomic E-state index is 13.3. The van der Waals surface area contributed by atoms with Crippen LogP contribution in [0.4, 0.5) is 14.5 Å². The SMILES string of the molecule is O=C(NCCCN(C(=O)c1ccc(F)cc1)c1ccc(F)cc1)c1cccc(Br)c1. The van der Waals surface area contributed by atoms with Crippen molar-refractivity contribution >= 4 is 33.4 Å². The lowest BCUT2D eigenvalue weighted by molar-refractivity contribution is 0.0953. The van der Waals surface area contributed by atoms with Crippen molar-refractivity contribution in [3.8, 4) is 0 Å². The quantitative estimate of drug-likeness (QED) is 0.480. The van der Waals surface area contributed by atoms with Gasteiger partial charge in [0.15, 0.2) is 0 Å². The Balaban J connectivity index is 1.66. The normalized spacial score (nSPS) is 10.5.